The van der Waals surface area contributed by atoms with E-state index < -0.39 is 10.0 Å². The number of hydrogen-bond donors (Lipinski definition) is 2. The second-order valence-corrected chi connectivity index (χ2v) is 7.50. The second-order valence-electron chi connectivity index (χ2n) is 5.58. The Hall–Kier alpha value is -0.170. The van der Waals surface area contributed by atoms with Gasteiger partial charge in [-0.1, -0.05) is 13.8 Å². The van der Waals surface area contributed by atoms with Crippen molar-refractivity contribution in [3.8, 4) is 0 Å². The van der Waals surface area contributed by atoms with Gasteiger partial charge in [0.15, 0.2) is 0 Å². The minimum atomic E-state index is -3.08. The highest BCUT2D eigenvalue weighted by Crippen LogP contribution is 2.06. The summed E-state index contributed by atoms with van der Waals surface area (Å²) in [6.07, 6.45) is 4.15. The van der Waals surface area contributed by atoms with Crippen LogP contribution in [0.5, 0.6) is 0 Å². The molecule has 0 saturated carbocycles. The highest BCUT2D eigenvalue weighted by atomic mass is 32.2. The average molecular weight is 291 g/mol. The molecule has 0 aromatic carbocycles. The quantitative estimate of drug-likeness (QED) is 0.584. The first-order valence-electron chi connectivity index (χ1n) is 7.43. The summed E-state index contributed by atoms with van der Waals surface area (Å²) in [5.74, 6) is 0.219. The van der Waals surface area contributed by atoms with Gasteiger partial charge < -0.3 is 10.2 Å². The highest BCUT2D eigenvalue weighted by Gasteiger charge is 2.12. The van der Waals surface area contributed by atoms with Crippen LogP contribution in [0.3, 0.4) is 0 Å². The Morgan fingerprint density at radius 3 is 2.42 bits per heavy atom. The third-order valence-electron chi connectivity index (χ3n) is 3.31. The van der Waals surface area contributed by atoms with E-state index in [2.05, 4.69) is 28.8 Å². The molecule has 1 fully saturated rings. The average Bonchev–Trinajstić information content (AvgIpc) is 2.83. The molecule has 0 spiro atoms. The zero-order valence-corrected chi connectivity index (χ0v) is 13.1. The van der Waals surface area contributed by atoms with Crippen LogP contribution in [0.4, 0.5) is 0 Å². The van der Waals surface area contributed by atoms with Crippen LogP contribution in [-0.2, 0) is 10.0 Å². The van der Waals surface area contributed by atoms with Crippen molar-refractivity contribution < 1.29 is 8.42 Å². The normalized spacial score (nSPS) is 17.4. The van der Waals surface area contributed by atoms with E-state index in [4.69, 9.17) is 0 Å². The van der Waals surface area contributed by atoms with Gasteiger partial charge in [0.1, 0.15) is 0 Å². The first-order valence-corrected chi connectivity index (χ1v) is 9.08. The SMILES string of the molecule is CC(C)NCCCS(=O)(=O)NCCCN1CCCC1. The number of rotatable bonds is 10. The Kier molecular flexibility index (Phi) is 7.90. The van der Waals surface area contributed by atoms with Gasteiger partial charge in [-0.3, -0.25) is 0 Å². The van der Waals surface area contributed by atoms with Crippen molar-refractivity contribution in [2.45, 2.75) is 45.6 Å². The molecule has 0 radical (unpaired) electrons. The van der Waals surface area contributed by atoms with Gasteiger partial charge in [0, 0.05) is 12.6 Å². The summed E-state index contributed by atoms with van der Waals surface area (Å²) in [5, 5.41) is 3.22. The summed E-state index contributed by atoms with van der Waals surface area (Å²) in [7, 11) is -3.08. The maximum Gasteiger partial charge on any atom is 0.211 e. The lowest BCUT2D eigenvalue weighted by molar-refractivity contribution is 0.334. The van der Waals surface area contributed by atoms with Gasteiger partial charge in [0.05, 0.1) is 5.75 Å². The predicted molar refractivity (Wildman–Crippen MR) is 79.8 cm³/mol. The van der Waals surface area contributed by atoms with Gasteiger partial charge in [0.25, 0.3) is 0 Å². The summed E-state index contributed by atoms with van der Waals surface area (Å²) in [5.41, 5.74) is 0. The molecular formula is C13H29N3O2S. The molecule has 0 aliphatic carbocycles. The molecule has 114 valence electrons. The van der Waals surface area contributed by atoms with Crippen molar-refractivity contribution in [3.63, 3.8) is 0 Å². The Bertz CT molecular complexity index is 325. The molecule has 0 bridgehead atoms. The van der Waals surface area contributed by atoms with E-state index in [-0.39, 0.29) is 5.75 Å². The van der Waals surface area contributed by atoms with Crippen molar-refractivity contribution in [2.75, 3.05) is 38.5 Å². The maximum absolute atomic E-state index is 11.7. The molecule has 0 aromatic rings. The monoisotopic (exact) mass is 291 g/mol. The standard InChI is InChI=1S/C13H29N3O2S/c1-13(2)14-7-6-12-19(17,18)15-8-5-11-16-9-3-4-10-16/h13-15H,3-12H2,1-2H3. The molecule has 0 amide bonds. The molecule has 1 heterocycles. The number of hydrogen-bond acceptors (Lipinski definition) is 4. The van der Waals surface area contributed by atoms with Crippen LogP contribution in [0.1, 0.15) is 39.5 Å². The zero-order chi connectivity index (χ0) is 14.1. The predicted octanol–water partition coefficient (Wildman–Crippen LogP) is 0.780. The van der Waals surface area contributed by atoms with Gasteiger partial charge >= 0.3 is 0 Å². The summed E-state index contributed by atoms with van der Waals surface area (Å²) >= 11 is 0. The van der Waals surface area contributed by atoms with Crippen LogP contribution in [0.25, 0.3) is 0 Å². The van der Waals surface area contributed by atoms with Crippen molar-refractivity contribution in [3.05, 3.63) is 0 Å². The van der Waals surface area contributed by atoms with Crippen LogP contribution < -0.4 is 10.0 Å². The van der Waals surface area contributed by atoms with E-state index >= 15 is 0 Å². The van der Waals surface area contributed by atoms with Crippen molar-refractivity contribution in [2.24, 2.45) is 0 Å². The van der Waals surface area contributed by atoms with Crippen LogP contribution in [0, 0.1) is 0 Å². The molecule has 1 aliphatic heterocycles. The van der Waals surface area contributed by atoms with E-state index in [0.717, 1.165) is 19.5 Å². The number of nitrogens with zero attached hydrogens (tertiary/aromatic N) is 1. The number of nitrogens with one attached hydrogen (secondary N) is 2. The minimum absolute atomic E-state index is 0.219. The lowest BCUT2D eigenvalue weighted by Crippen LogP contribution is -2.32. The first-order chi connectivity index (χ1) is 8.99. The molecule has 1 aliphatic rings. The zero-order valence-electron chi connectivity index (χ0n) is 12.3. The fourth-order valence-corrected chi connectivity index (χ4v) is 3.39. The van der Waals surface area contributed by atoms with E-state index in [1.807, 2.05) is 0 Å². The van der Waals surface area contributed by atoms with Crippen LogP contribution in [0.15, 0.2) is 0 Å². The maximum atomic E-state index is 11.7. The van der Waals surface area contributed by atoms with E-state index in [1.54, 1.807) is 0 Å². The molecule has 19 heavy (non-hydrogen) atoms. The molecule has 5 nitrogen and oxygen atoms in total. The second kappa shape index (κ2) is 8.89. The van der Waals surface area contributed by atoms with Crippen LogP contribution in [-0.4, -0.2) is 57.8 Å². The Morgan fingerprint density at radius 2 is 1.79 bits per heavy atom. The van der Waals surface area contributed by atoms with Gasteiger partial charge in [-0.2, -0.15) is 0 Å². The van der Waals surface area contributed by atoms with Crippen LogP contribution in [0.2, 0.25) is 0 Å². The fraction of sp³-hybridized carbons (Fsp3) is 1.00. The van der Waals surface area contributed by atoms with Crippen LogP contribution >= 0.6 is 0 Å². The lowest BCUT2D eigenvalue weighted by Gasteiger charge is -2.14. The molecule has 0 aromatic heterocycles. The highest BCUT2D eigenvalue weighted by molar-refractivity contribution is 7.89. The van der Waals surface area contributed by atoms with Gasteiger partial charge in [-0.05, 0) is 51.9 Å². The summed E-state index contributed by atoms with van der Waals surface area (Å²) in [6, 6.07) is 0.413. The Morgan fingerprint density at radius 1 is 1.11 bits per heavy atom. The third-order valence-corrected chi connectivity index (χ3v) is 4.78. The van der Waals surface area contributed by atoms with E-state index in [9.17, 15) is 8.42 Å². The lowest BCUT2D eigenvalue weighted by atomic mass is 10.4. The topological polar surface area (TPSA) is 61.4 Å². The molecule has 6 heteroatoms. The van der Waals surface area contributed by atoms with Crippen molar-refractivity contribution >= 4 is 10.0 Å². The molecule has 0 atom stereocenters. The molecule has 1 saturated heterocycles. The molecular weight excluding hydrogens is 262 g/mol. The number of likely N-dealkylation sites (tertiary alicyclic amines) is 1. The number of sulfonamides is 1. The van der Waals surface area contributed by atoms with E-state index in [0.29, 0.717) is 19.0 Å². The first kappa shape index (κ1) is 16.9. The molecule has 2 N–H and O–H groups in total. The van der Waals surface area contributed by atoms with Gasteiger partial charge in [-0.15, -0.1) is 0 Å². The summed E-state index contributed by atoms with van der Waals surface area (Å²) in [4.78, 5) is 2.40. The summed E-state index contributed by atoms with van der Waals surface area (Å²) in [6.45, 7) is 8.80. The fourth-order valence-electron chi connectivity index (χ4n) is 2.26. The van der Waals surface area contributed by atoms with Crippen molar-refractivity contribution in [1.29, 1.82) is 0 Å². The van der Waals surface area contributed by atoms with E-state index in [1.165, 1.54) is 25.9 Å². The van der Waals surface area contributed by atoms with Gasteiger partial charge in [-0.25, -0.2) is 13.1 Å². The minimum Gasteiger partial charge on any atom is -0.314 e. The summed E-state index contributed by atoms with van der Waals surface area (Å²) < 4.78 is 26.1. The molecule has 0 unspecified atom stereocenters. The largest absolute Gasteiger partial charge is 0.314 e. The third kappa shape index (κ3) is 8.57. The van der Waals surface area contributed by atoms with Crippen molar-refractivity contribution in [1.82, 2.24) is 14.9 Å². The Balaban J connectivity index is 2.02. The molecule has 1 rings (SSSR count). The Labute approximate surface area is 118 Å². The van der Waals surface area contributed by atoms with Gasteiger partial charge in [0.2, 0.25) is 10.0 Å². The smallest absolute Gasteiger partial charge is 0.211 e.